The molecule has 1 N–H and O–H groups in total. The van der Waals surface area contributed by atoms with Crippen LogP contribution < -0.4 is 5.32 Å². The summed E-state index contributed by atoms with van der Waals surface area (Å²) in [5.41, 5.74) is 0.299. The SMILES string of the molecule is CNC(CSCC(C)C)c1ccc(C(F)(F)F)cc1. The molecule has 0 amide bonds. The predicted octanol–water partition coefficient (Wildman–Crippen LogP) is 4.36. The molecule has 19 heavy (non-hydrogen) atoms. The van der Waals surface area contributed by atoms with Crippen molar-refractivity contribution in [2.24, 2.45) is 5.92 Å². The van der Waals surface area contributed by atoms with Gasteiger partial charge in [0.25, 0.3) is 0 Å². The van der Waals surface area contributed by atoms with Gasteiger partial charge in [0.15, 0.2) is 0 Å². The van der Waals surface area contributed by atoms with Gasteiger partial charge < -0.3 is 5.32 Å². The molecule has 0 fully saturated rings. The van der Waals surface area contributed by atoms with Gasteiger partial charge in [-0.1, -0.05) is 26.0 Å². The number of hydrogen-bond donors (Lipinski definition) is 1. The highest BCUT2D eigenvalue weighted by molar-refractivity contribution is 7.99. The number of benzene rings is 1. The van der Waals surface area contributed by atoms with Crippen molar-refractivity contribution < 1.29 is 13.2 Å². The minimum atomic E-state index is -4.26. The molecule has 0 aromatic heterocycles. The van der Waals surface area contributed by atoms with Gasteiger partial charge in [-0.25, -0.2) is 0 Å². The van der Waals surface area contributed by atoms with Crippen LogP contribution >= 0.6 is 11.8 Å². The van der Waals surface area contributed by atoms with Crippen LogP contribution in [0.4, 0.5) is 13.2 Å². The molecule has 0 bridgehead atoms. The van der Waals surface area contributed by atoms with E-state index in [4.69, 9.17) is 0 Å². The molecular weight excluding hydrogens is 271 g/mol. The van der Waals surface area contributed by atoms with Crippen molar-refractivity contribution in [2.45, 2.75) is 26.1 Å². The fourth-order valence-corrected chi connectivity index (χ4v) is 2.87. The number of thioether (sulfide) groups is 1. The van der Waals surface area contributed by atoms with Gasteiger partial charge in [-0.2, -0.15) is 24.9 Å². The van der Waals surface area contributed by atoms with Crippen molar-refractivity contribution in [3.63, 3.8) is 0 Å². The average Bonchev–Trinajstić information content (AvgIpc) is 2.33. The lowest BCUT2D eigenvalue weighted by atomic mass is 10.1. The summed E-state index contributed by atoms with van der Waals surface area (Å²) in [6.45, 7) is 4.30. The molecule has 1 nitrogen and oxygen atoms in total. The first-order chi connectivity index (χ1) is 8.84. The Labute approximate surface area is 117 Å². The lowest BCUT2D eigenvalue weighted by Gasteiger charge is -2.17. The van der Waals surface area contributed by atoms with E-state index in [-0.39, 0.29) is 6.04 Å². The molecule has 108 valence electrons. The second-order valence-corrected chi connectivity index (χ2v) is 5.97. The zero-order valence-corrected chi connectivity index (χ0v) is 12.2. The summed E-state index contributed by atoms with van der Waals surface area (Å²) in [5, 5.41) is 3.15. The molecule has 0 saturated heterocycles. The molecule has 0 spiro atoms. The van der Waals surface area contributed by atoms with Crippen molar-refractivity contribution in [1.82, 2.24) is 5.32 Å². The van der Waals surface area contributed by atoms with Crippen LogP contribution in [-0.4, -0.2) is 18.6 Å². The second-order valence-electron chi connectivity index (χ2n) is 4.89. The summed E-state index contributed by atoms with van der Waals surface area (Å²) >= 11 is 1.81. The molecule has 1 atom stereocenters. The molecule has 0 radical (unpaired) electrons. The third-order valence-electron chi connectivity index (χ3n) is 2.72. The standard InChI is InChI=1S/C14H20F3NS/c1-10(2)8-19-9-13(18-3)11-4-6-12(7-5-11)14(15,16)17/h4-7,10,13,18H,8-9H2,1-3H3. The van der Waals surface area contributed by atoms with E-state index in [0.717, 1.165) is 29.2 Å². The van der Waals surface area contributed by atoms with Gasteiger partial charge in [-0.15, -0.1) is 0 Å². The Morgan fingerprint density at radius 2 is 1.68 bits per heavy atom. The Morgan fingerprint density at radius 3 is 2.11 bits per heavy atom. The monoisotopic (exact) mass is 291 g/mol. The van der Waals surface area contributed by atoms with E-state index in [1.165, 1.54) is 0 Å². The molecular formula is C14H20F3NS. The minimum Gasteiger partial charge on any atom is -0.312 e. The summed E-state index contributed by atoms with van der Waals surface area (Å²) in [6.07, 6.45) is -4.26. The highest BCUT2D eigenvalue weighted by atomic mass is 32.2. The molecule has 1 rings (SSSR count). The van der Waals surface area contributed by atoms with E-state index in [1.54, 1.807) is 12.1 Å². The number of alkyl halides is 3. The predicted molar refractivity (Wildman–Crippen MR) is 75.4 cm³/mol. The first-order valence-corrected chi connectivity index (χ1v) is 7.42. The van der Waals surface area contributed by atoms with Gasteiger partial charge in [0.1, 0.15) is 0 Å². The Bertz CT molecular complexity index is 373. The van der Waals surface area contributed by atoms with Crippen LogP contribution in [0.15, 0.2) is 24.3 Å². The average molecular weight is 291 g/mol. The normalized spacial score (nSPS) is 13.8. The fraction of sp³-hybridized carbons (Fsp3) is 0.571. The minimum absolute atomic E-state index is 0.0889. The van der Waals surface area contributed by atoms with Crippen molar-refractivity contribution in [1.29, 1.82) is 0 Å². The van der Waals surface area contributed by atoms with E-state index in [0.29, 0.717) is 5.92 Å². The van der Waals surface area contributed by atoms with Gasteiger partial charge in [-0.3, -0.25) is 0 Å². The highest BCUT2D eigenvalue weighted by Crippen LogP contribution is 2.30. The van der Waals surface area contributed by atoms with E-state index < -0.39 is 11.7 Å². The van der Waals surface area contributed by atoms with Crippen molar-refractivity contribution in [3.05, 3.63) is 35.4 Å². The van der Waals surface area contributed by atoms with Gasteiger partial charge in [0.05, 0.1) is 5.56 Å². The van der Waals surface area contributed by atoms with E-state index in [1.807, 2.05) is 18.8 Å². The second kappa shape index (κ2) is 7.20. The van der Waals surface area contributed by atoms with Crippen molar-refractivity contribution in [2.75, 3.05) is 18.6 Å². The zero-order valence-electron chi connectivity index (χ0n) is 11.4. The largest absolute Gasteiger partial charge is 0.416 e. The summed E-state index contributed by atoms with van der Waals surface area (Å²) in [7, 11) is 1.83. The van der Waals surface area contributed by atoms with E-state index in [9.17, 15) is 13.2 Å². The molecule has 0 heterocycles. The maximum atomic E-state index is 12.5. The molecule has 0 aliphatic rings. The smallest absolute Gasteiger partial charge is 0.312 e. The molecule has 1 aromatic carbocycles. The summed E-state index contributed by atoms with van der Waals surface area (Å²) in [4.78, 5) is 0. The maximum Gasteiger partial charge on any atom is 0.416 e. The topological polar surface area (TPSA) is 12.0 Å². The molecule has 1 aromatic rings. The number of hydrogen-bond acceptors (Lipinski definition) is 2. The van der Waals surface area contributed by atoms with Gasteiger partial charge in [0, 0.05) is 11.8 Å². The highest BCUT2D eigenvalue weighted by Gasteiger charge is 2.30. The molecule has 5 heteroatoms. The van der Waals surface area contributed by atoms with Crippen LogP contribution in [0.2, 0.25) is 0 Å². The summed E-state index contributed by atoms with van der Waals surface area (Å²) in [5.74, 6) is 2.54. The Kier molecular flexibility index (Phi) is 6.20. The Morgan fingerprint density at radius 1 is 1.11 bits per heavy atom. The van der Waals surface area contributed by atoms with Crippen LogP contribution in [0, 0.1) is 5.92 Å². The summed E-state index contributed by atoms with van der Waals surface area (Å²) < 4.78 is 37.4. The van der Waals surface area contributed by atoms with Gasteiger partial charge in [0.2, 0.25) is 0 Å². The first-order valence-electron chi connectivity index (χ1n) is 6.26. The molecule has 1 unspecified atom stereocenters. The van der Waals surface area contributed by atoms with Crippen molar-refractivity contribution >= 4 is 11.8 Å². The lowest BCUT2D eigenvalue weighted by molar-refractivity contribution is -0.137. The van der Waals surface area contributed by atoms with Crippen LogP contribution in [-0.2, 0) is 6.18 Å². The van der Waals surface area contributed by atoms with Crippen LogP contribution in [0.1, 0.15) is 31.0 Å². The van der Waals surface area contributed by atoms with Crippen LogP contribution in [0.5, 0.6) is 0 Å². The number of halogens is 3. The summed E-state index contributed by atoms with van der Waals surface area (Å²) in [6, 6.07) is 5.49. The molecule has 0 aliphatic carbocycles. The van der Waals surface area contributed by atoms with E-state index in [2.05, 4.69) is 19.2 Å². The fourth-order valence-electron chi connectivity index (χ4n) is 1.67. The van der Waals surface area contributed by atoms with Crippen molar-refractivity contribution in [3.8, 4) is 0 Å². The Hall–Kier alpha value is -0.680. The first kappa shape index (κ1) is 16.4. The van der Waals surface area contributed by atoms with Crippen LogP contribution in [0.3, 0.4) is 0 Å². The zero-order chi connectivity index (χ0) is 14.5. The number of nitrogens with one attached hydrogen (secondary N) is 1. The Balaban J connectivity index is 2.66. The molecule has 0 saturated carbocycles. The van der Waals surface area contributed by atoms with Gasteiger partial charge >= 0.3 is 6.18 Å². The van der Waals surface area contributed by atoms with Crippen LogP contribution in [0.25, 0.3) is 0 Å². The number of rotatable bonds is 6. The third kappa shape index (κ3) is 5.45. The lowest BCUT2D eigenvalue weighted by Crippen LogP contribution is -2.19. The third-order valence-corrected chi connectivity index (χ3v) is 4.20. The van der Waals surface area contributed by atoms with E-state index >= 15 is 0 Å². The van der Waals surface area contributed by atoms with Gasteiger partial charge in [-0.05, 0) is 36.4 Å². The quantitative estimate of drug-likeness (QED) is 0.836. The molecule has 0 aliphatic heterocycles. The maximum absolute atomic E-state index is 12.5.